The average molecular weight is 248 g/mol. The fraction of sp³-hybridized carbons (Fsp3) is 0.400. The number of hydrogen-bond donors (Lipinski definition) is 2. The van der Waals surface area contributed by atoms with Gasteiger partial charge in [0.2, 0.25) is 0 Å². The van der Waals surface area contributed by atoms with Gasteiger partial charge in [0.1, 0.15) is 12.2 Å². The van der Waals surface area contributed by atoms with Crippen molar-refractivity contribution in [1.82, 2.24) is 5.48 Å². The average Bonchev–Trinajstić information content (AvgIpc) is 2.49. The zero-order valence-corrected chi connectivity index (χ0v) is 9.59. The van der Waals surface area contributed by atoms with E-state index in [0.29, 0.717) is 10.0 Å². The summed E-state index contributed by atoms with van der Waals surface area (Å²) in [5.41, 5.74) is 3.46. The van der Waals surface area contributed by atoms with E-state index in [0.717, 1.165) is 5.56 Å². The number of rotatable bonds is 1. The van der Waals surface area contributed by atoms with Gasteiger partial charge in [0, 0.05) is 15.6 Å². The maximum absolute atomic E-state index is 9.83. The number of aliphatic hydroxyl groups excluding tert-OH is 1. The van der Waals surface area contributed by atoms with Crippen molar-refractivity contribution in [2.75, 3.05) is 0 Å². The van der Waals surface area contributed by atoms with Gasteiger partial charge in [0.15, 0.2) is 0 Å². The van der Waals surface area contributed by atoms with Gasteiger partial charge in [-0.05, 0) is 19.1 Å². The van der Waals surface area contributed by atoms with Crippen LogP contribution in [0.15, 0.2) is 18.2 Å². The standard InChI is InChI=1S/C10H11Cl2NO2/c1-5-9(14)10(15-13-5)7-3-2-6(11)4-8(7)12/h2-5,9-10,13-14H,1H3. The molecule has 1 heterocycles. The van der Waals surface area contributed by atoms with Crippen molar-refractivity contribution >= 4 is 23.2 Å². The zero-order chi connectivity index (χ0) is 11.0. The van der Waals surface area contributed by atoms with Crippen molar-refractivity contribution in [1.29, 1.82) is 0 Å². The fourth-order valence-corrected chi connectivity index (χ4v) is 2.08. The minimum atomic E-state index is -0.608. The molecule has 1 aliphatic heterocycles. The Hall–Kier alpha value is -0.320. The Morgan fingerprint density at radius 2 is 2.13 bits per heavy atom. The SMILES string of the molecule is CC1NOC(c2ccc(Cl)cc2Cl)C1O. The maximum Gasteiger partial charge on any atom is 0.133 e. The Balaban J connectivity index is 2.30. The highest BCUT2D eigenvalue weighted by molar-refractivity contribution is 6.35. The van der Waals surface area contributed by atoms with E-state index in [4.69, 9.17) is 28.0 Å². The molecule has 0 spiro atoms. The molecule has 0 aliphatic carbocycles. The van der Waals surface area contributed by atoms with Crippen LogP contribution in [-0.2, 0) is 4.84 Å². The molecule has 0 radical (unpaired) electrons. The first-order valence-corrected chi connectivity index (χ1v) is 5.39. The van der Waals surface area contributed by atoms with Crippen LogP contribution in [0.2, 0.25) is 10.0 Å². The molecule has 15 heavy (non-hydrogen) atoms. The third kappa shape index (κ3) is 2.12. The van der Waals surface area contributed by atoms with E-state index < -0.39 is 12.2 Å². The highest BCUT2D eigenvalue weighted by atomic mass is 35.5. The van der Waals surface area contributed by atoms with Crippen molar-refractivity contribution in [2.45, 2.75) is 25.2 Å². The van der Waals surface area contributed by atoms with Crippen molar-refractivity contribution in [3.63, 3.8) is 0 Å². The van der Waals surface area contributed by atoms with Crippen molar-refractivity contribution in [3.8, 4) is 0 Å². The van der Waals surface area contributed by atoms with E-state index in [1.165, 1.54) is 0 Å². The molecular weight excluding hydrogens is 237 g/mol. The molecule has 0 saturated carbocycles. The molecule has 1 aliphatic rings. The summed E-state index contributed by atoms with van der Waals surface area (Å²) in [6, 6.07) is 5.01. The second-order valence-corrected chi connectivity index (χ2v) is 4.45. The smallest absolute Gasteiger partial charge is 0.133 e. The first-order chi connectivity index (χ1) is 7.09. The Morgan fingerprint density at radius 1 is 1.40 bits per heavy atom. The van der Waals surface area contributed by atoms with Gasteiger partial charge in [-0.25, -0.2) is 0 Å². The second kappa shape index (κ2) is 4.28. The van der Waals surface area contributed by atoms with E-state index in [9.17, 15) is 5.11 Å². The molecule has 5 heteroatoms. The molecule has 2 N–H and O–H groups in total. The number of aliphatic hydroxyl groups is 1. The summed E-state index contributed by atoms with van der Waals surface area (Å²) >= 11 is 11.8. The van der Waals surface area contributed by atoms with Crippen LogP contribution in [0.3, 0.4) is 0 Å². The largest absolute Gasteiger partial charge is 0.388 e. The first kappa shape index (κ1) is 11.2. The number of nitrogens with one attached hydrogen (secondary N) is 1. The fourth-order valence-electron chi connectivity index (χ4n) is 1.56. The minimum absolute atomic E-state index is 0.109. The topological polar surface area (TPSA) is 41.5 Å². The van der Waals surface area contributed by atoms with Crippen LogP contribution < -0.4 is 5.48 Å². The highest BCUT2D eigenvalue weighted by Gasteiger charge is 2.35. The van der Waals surface area contributed by atoms with Crippen LogP contribution in [0.4, 0.5) is 0 Å². The van der Waals surface area contributed by atoms with Gasteiger partial charge in [-0.15, -0.1) is 0 Å². The van der Waals surface area contributed by atoms with Crippen molar-refractivity contribution in [2.24, 2.45) is 0 Å². The number of hydroxylamine groups is 1. The van der Waals surface area contributed by atoms with Crippen LogP contribution in [0.1, 0.15) is 18.6 Å². The Kier molecular flexibility index (Phi) is 3.19. The maximum atomic E-state index is 9.83. The predicted molar refractivity (Wildman–Crippen MR) is 58.9 cm³/mol. The summed E-state index contributed by atoms with van der Waals surface area (Å²) < 4.78 is 0. The molecule has 0 aromatic heterocycles. The van der Waals surface area contributed by atoms with Crippen molar-refractivity contribution < 1.29 is 9.94 Å². The molecule has 2 rings (SSSR count). The Morgan fingerprint density at radius 3 is 2.67 bits per heavy atom. The van der Waals surface area contributed by atoms with Crippen LogP contribution in [0, 0.1) is 0 Å². The summed E-state index contributed by atoms with van der Waals surface area (Å²) in [6.07, 6.45) is -1.05. The van der Waals surface area contributed by atoms with Gasteiger partial charge >= 0.3 is 0 Å². The van der Waals surface area contributed by atoms with Gasteiger partial charge in [-0.1, -0.05) is 29.3 Å². The van der Waals surface area contributed by atoms with Gasteiger partial charge in [-0.3, -0.25) is 4.84 Å². The van der Waals surface area contributed by atoms with Crippen LogP contribution in [0.25, 0.3) is 0 Å². The monoisotopic (exact) mass is 247 g/mol. The van der Waals surface area contributed by atoms with Gasteiger partial charge in [0.05, 0.1) is 6.04 Å². The molecule has 82 valence electrons. The van der Waals surface area contributed by atoms with Gasteiger partial charge in [0.25, 0.3) is 0 Å². The summed E-state index contributed by atoms with van der Waals surface area (Å²) in [4.78, 5) is 5.26. The van der Waals surface area contributed by atoms with Gasteiger partial charge in [-0.2, -0.15) is 5.48 Å². The van der Waals surface area contributed by atoms with E-state index in [2.05, 4.69) is 5.48 Å². The molecule has 1 aromatic rings. The quantitative estimate of drug-likeness (QED) is 0.801. The normalized spacial score (nSPS) is 30.8. The number of benzene rings is 1. The molecule has 3 nitrogen and oxygen atoms in total. The zero-order valence-electron chi connectivity index (χ0n) is 8.08. The van der Waals surface area contributed by atoms with E-state index in [-0.39, 0.29) is 6.04 Å². The second-order valence-electron chi connectivity index (χ2n) is 3.60. The summed E-state index contributed by atoms with van der Waals surface area (Å²) in [5.74, 6) is 0. The van der Waals surface area contributed by atoms with Crippen LogP contribution >= 0.6 is 23.2 Å². The molecule has 3 atom stereocenters. The van der Waals surface area contributed by atoms with E-state index in [1.807, 2.05) is 6.92 Å². The minimum Gasteiger partial charge on any atom is -0.388 e. The molecule has 3 unspecified atom stereocenters. The lowest BCUT2D eigenvalue weighted by Gasteiger charge is -2.15. The third-order valence-corrected chi connectivity index (χ3v) is 3.03. The van der Waals surface area contributed by atoms with Crippen molar-refractivity contribution in [3.05, 3.63) is 33.8 Å². The number of halogens is 2. The third-order valence-electron chi connectivity index (χ3n) is 2.47. The molecule has 1 aromatic carbocycles. The Labute approximate surface area is 97.9 Å². The lowest BCUT2D eigenvalue weighted by molar-refractivity contribution is -0.000952. The van der Waals surface area contributed by atoms with E-state index >= 15 is 0 Å². The lowest BCUT2D eigenvalue weighted by atomic mass is 10.0. The molecule has 0 bridgehead atoms. The summed E-state index contributed by atoms with van der Waals surface area (Å²) in [6.45, 7) is 1.84. The molecule has 0 amide bonds. The summed E-state index contributed by atoms with van der Waals surface area (Å²) in [5, 5.41) is 10.9. The van der Waals surface area contributed by atoms with Crippen LogP contribution in [0.5, 0.6) is 0 Å². The first-order valence-electron chi connectivity index (χ1n) is 4.64. The van der Waals surface area contributed by atoms with E-state index in [1.54, 1.807) is 18.2 Å². The van der Waals surface area contributed by atoms with Gasteiger partial charge < -0.3 is 5.11 Å². The summed E-state index contributed by atoms with van der Waals surface area (Å²) in [7, 11) is 0. The Bertz CT molecular complexity index is 372. The molecular formula is C10H11Cl2NO2. The van der Waals surface area contributed by atoms with Crippen LogP contribution in [-0.4, -0.2) is 17.3 Å². The molecule has 1 fully saturated rings. The lowest BCUT2D eigenvalue weighted by Crippen LogP contribution is -2.27. The predicted octanol–water partition coefficient (Wildman–Crippen LogP) is 2.32. The highest BCUT2D eigenvalue weighted by Crippen LogP contribution is 2.33. The number of hydrogen-bond acceptors (Lipinski definition) is 3. The molecule has 1 saturated heterocycles.